The highest BCUT2D eigenvalue weighted by Crippen LogP contribution is 2.42. The number of piperidine rings is 1. The fraction of sp³-hybridized carbons (Fsp3) is 1.00. The van der Waals surface area contributed by atoms with Crippen LogP contribution in [-0.4, -0.2) is 30.3 Å². The van der Waals surface area contributed by atoms with Crippen LogP contribution in [0.15, 0.2) is 0 Å². The van der Waals surface area contributed by atoms with Gasteiger partial charge in [0.1, 0.15) is 0 Å². The van der Waals surface area contributed by atoms with Crippen LogP contribution in [0.3, 0.4) is 0 Å². The van der Waals surface area contributed by atoms with Crippen molar-refractivity contribution < 1.29 is 10.0 Å². The molecule has 3 rings (SSSR count). The van der Waals surface area contributed by atoms with Gasteiger partial charge >= 0.3 is 0 Å². The van der Waals surface area contributed by atoms with Crippen LogP contribution in [0, 0.1) is 35.5 Å². The third kappa shape index (κ3) is 2.54. The molecule has 1 saturated heterocycles. The number of quaternary nitrogens is 1. The van der Waals surface area contributed by atoms with Gasteiger partial charge in [-0.05, 0) is 37.5 Å². The summed E-state index contributed by atoms with van der Waals surface area (Å²) in [4.78, 5) is 1.87. The third-order valence-electron chi connectivity index (χ3n) is 7.03. The first-order valence-corrected chi connectivity index (χ1v) is 9.00. The van der Waals surface area contributed by atoms with E-state index >= 15 is 0 Å². The molecule has 1 aliphatic heterocycles. The van der Waals surface area contributed by atoms with Gasteiger partial charge in [-0.15, -0.1) is 0 Å². The van der Waals surface area contributed by atoms with Crippen molar-refractivity contribution in [3.05, 3.63) is 0 Å². The topological polar surface area (TPSA) is 24.7 Å². The molecule has 20 heavy (non-hydrogen) atoms. The summed E-state index contributed by atoms with van der Waals surface area (Å²) >= 11 is 0. The summed E-state index contributed by atoms with van der Waals surface area (Å²) in [6, 6.07) is 0.787. The van der Waals surface area contributed by atoms with Crippen molar-refractivity contribution in [1.29, 1.82) is 0 Å². The lowest BCUT2D eigenvalue weighted by atomic mass is 9.72. The van der Waals surface area contributed by atoms with E-state index in [9.17, 15) is 5.11 Å². The van der Waals surface area contributed by atoms with Gasteiger partial charge in [0.25, 0.3) is 0 Å². The van der Waals surface area contributed by atoms with Gasteiger partial charge in [0.15, 0.2) is 0 Å². The van der Waals surface area contributed by atoms with Crippen LogP contribution >= 0.6 is 0 Å². The lowest BCUT2D eigenvalue weighted by molar-refractivity contribution is -0.947. The van der Waals surface area contributed by atoms with Gasteiger partial charge < -0.3 is 10.0 Å². The summed E-state index contributed by atoms with van der Waals surface area (Å²) in [5, 5.41) is 10.0. The van der Waals surface area contributed by atoms with Crippen molar-refractivity contribution in [2.75, 3.05) is 13.1 Å². The second-order valence-corrected chi connectivity index (χ2v) is 8.53. The number of likely N-dealkylation sites (tertiary alicyclic amines) is 1. The van der Waals surface area contributed by atoms with Crippen molar-refractivity contribution in [2.24, 2.45) is 35.5 Å². The summed E-state index contributed by atoms with van der Waals surface area (Å²) < 4.78 is 0. The molecule has 2 aliphatic carbocycles. The monoisotopic (exact) mass is 280 g/mol. The van der Waals surface area contributed by atoms with Crippen LogP contribution in [0.1, 0.15) is 53.4 Å². The van der Waals surface area contributed by atoms with Crippen molar-refractivity contribution in [2.45, 2.75) is 65.5 Å². The maximum atomic E-state index is 10.0. The molecule has 0 bridgehead atoms. The lowest BCUT2D eigenvalue weighted by Crippen LogP contribution is -3.19. The second-order valence-electron chi connectivity index (χ2n) is 8.53. The minimum absolute atomic E-state index is 0.0454. The lowest BCUT2D eigenvalue weighted by Gasteiger charge is -2.47. The molecule has 3 aliphatic rings. The summed E-state index contributed by atoms with van der Waals surface area (Å²) in [7, 11) is 0. The zero-order valence-corrected chi connectivity index (χ0v) is 13.8. The zero-order chi connectivity index (χ0) is 14.4. The molecule has 0 radical (unpaired) electrons. The van der Waals surface area contributed by atoms with E-state index in [2.05, 4.69) is 27.7 Å². The molecule has 2 heteroatoms. The first-order chi connectivity index (χ1) is 9.47. The largest absolute Gasteiger partial charge is 0.393 e. The van der Waals surface area contributed by atoms with Gasteiger partial charge in [0.2, 0.25) is 0 Å². The molecule has 2 saturated carbocycles. The fourth-order valence-electron chi connectivity index (χ4n) is 6.20. The molecular weight excluding hydrogens is 246 g/mol. The average molecular weight is 280 g/mol. The number of aliphatic hydroxyl groups is 1. The van der Waals surface area contributed by atoms with Crippen LogP contribution < -0.4 is 4.90 Å². The zero-order valence-electron chi connectivity index (χ0n) is 13.8. The van der Waals surface area contributed by atoms with Crippen LogP contribution in [-0.2, 0) is 0 Å². The van der Waals surface area contributed by atoms with Crippen molar-refractivity contribution >= 4 is 0 Å². The maximum absolute atomic E-state index is 10.0. The number of fused-ring (bicyclic) bond motifs is 1. The van der Waals surface area contributed by atoms with E-state index in [1.165, 1.54) is 25.9 Å². The van der Waals surface area contributed by atoms with Crippen molar-refractivity contribution in [1.82, 2.24) is 0 Å². The molecule has 0 spiro atoms. The number of nitrogens with one attached hydrogen (secondary N) is 1. The summed E-state index contributed by atoms with van der Waals surface area (Å²) in [6.07, 6.45) is 4.94. The Morgan fingerprint density at radius 1 is 0.750 bits per heavy atom. The molecule has 7 atom stereocenters. The summed E-state index contributed by atoms with van der Waals surface area (Å²) in [5.74, 6) is 5.19. The Hall–Kier alpha value is -0.0800. The highest BCUT2D eigenvalue weighted by Gasteiger charge is 2.48. The van der Waals surface area contributed by atoms with E-state index in [-0.39, 0.29) is 6.10 Å². The molecule has 2 N–H and O–H groups in total. The number of hydrogen-bond donors (Lipinski definition) is 2. The Labute approximate surface area is 124 Å². The smallest absolute Gasteiger partial charge is 0.0928 e. The van der Waals surface area contributed by atoms with Crippen LogP contribution in [0.25, 0.3) is 0 Å². The van der Waals surface area contributed by atoms with E-state index in [4.69, 9.17) is 0 Å². The number of rotatable bonds is 1. The first-order valence-electron chi connectivity index (χ1n) is 9.00. The Morgan fingerprint density at radius 2 is 1.40 bits per heavy atom. The Bertz CT molecular complexity index is 332. The number of aliphatic hydroxyl groups excluding tert-OH is 1. The third-order valence-corrected chi connectivity index (χ3v) is 7.03. The minimum Gasteiger partial charge on any atom is -0.393 e. The van der Waals surface area contributed by atoms with E-state index in [1.807, 2.05) is 4.90 Å². The van der Waals surface area contributed by atoms with Gasteiger partial charge in [-0.1, -0.05) is 27.7 Å². The van der Waals surface area contributed by atoms with Gasteiger partial charge in [-0.2, -0.15) is 0 Å². The van der Waals surface area contributed by atoms with Gasteiger partial charge in [0.05, 0.1) is 25.2 Å². The van der Waals surface area contributed by atoms with E-state index in [0.717, 1.165) is 42.6 Å². The predicted molar refractivity (Wildman–Crippen MR) is 82.6 cm³/mol. The quantitative estimate of drug-likeness (QED) is 0.754. The average Bonchev–Trinajstić information content (AvgIpc) is 2.70. The molecule has 2 nitrogen and oxygen atoms in total. The summed E-state index contributed by atoms with van der Waals surface area (Å²) in [5.41, 5.74) is 0. The van der Waals surface area contributed by atoms with E-state index in [0.29, 0.717) is 11.8 Å². The highest BCUT2D eigenvalue weighted by atomic mass is 16.3. The van der Waals surface area contributed by atoms with Crippen molar-refractivity contribution in [3.63, 3.8) is 0 Å². The fourth-order valence-corrected chi connectivity index (χ4v) is 6.20. The normalized spacial score (nSPS) is 56.5. The molecule has 0 amide bonds. The molecule has 0 aromatic heterocycles. The van der Waals surface area contributed by atoms with Crippen LogP contribution in [0.2, 0.25) is 0 Å². The first kappa shape index (κ1) is 14.8. The predicted octanol–water partition coefficient (Wildman–Crippen LogP) is 1.98. The Morgan fingerprint density at radius 3 is 2.05 bits per heavy atom. The molecular formula is C18H34NO+. The van der Waals surface area contributed by atoms with Gasteiger partial charge in [-0.3, -0.25) is 0 Å². The molecule has 7 unspecified atom stereocenters. The Balaban J connectivity index is 1.73. The van der Waals surface area contributed by atoms with Crippen molar-refractivity contribution in [3.8, 4) is 0 Å². The van der Waals surface area contributed by atoms with E-state index in [1.54, 1.807) is 0 Å². The molecule has 0 aromatic rings. The van der Waals surface area contributed by atoms with Gasteiger partial charge in [-0.25, -0.2) is 0 Å². The van der Waals surface area contributed by atoms with E-state index < -0.39 is 0 Å². The highest BCUT2D eigenvalue weighted by molar-refractivity contribution is 4.89. The minimum atomic E-state index is -0.0454. The standard InChI is InChI=1S/C18H33NO/c1-11-5-6-16-14(4)9-19(10-17(11)16)18-12(2)7-15(20)8-13(18)3/h11-18,20H,5-10H2,1-4H3/p+1. The maximum Gasteiger partial charge on any atom is 0.0928 e. The number of hydrogen-bond acceptors (Lipinski definition) is 1. The molecule has 0 aromatic carbocycles. The Kier molecular flexibility index (Phi) is 4.16. The summed E-state index contributed by atoms with van der Waals surface area (Å²) in [6.45, 7) is 12.5. The van der Waals surface area contributed by atoms with Crippen LogP contribution in [0.4, 0.5) is 0 Å². The second kappa shape index (κ2) is 5.61. The molecule has 116 valence electrons. The SMILES string of the molecule is CC1C[NH+](C2C(C)CC(O)CC2C)CC2C(C)CCC12. The van der Waals surface area contributed by atoms with Gasteiger partial charge in [0, 0.05) is 23.7 Å². The molecule has 1 heterocycles. The van der Waals surface area contributed by atoms with Crippen LogP contribution in [0.5, 0.6) is 0 Å². The molecule has 3 fully saturated rings.